The van der Waals surface area contributed by atoms with Crippen molar-refractivity contribution in [2.24, 2.45) is 11.1 Å². The lowest BCUT2D eigenvalue weighted by Crippen LogP contribution is -2.52. The van der Waals surface area contributed by atoms with Gasteiger partial charge >= 0.3 is 0 Å². The lowest BCUT2D eigenvalue weighted by Gasteiger charge is -2.30. The van der Waals surface area contributed by atoms with E-state index in [4.69, 9.17) is 5.73 Å². The molecule has 4 heteroatoms. The lowest BCUT2D eigenvalue weighted by atomic mass is 9.86. The fourth-order valence-corrected chi connectivity index (χ4v) is 2.32. The molecule has 0 saturated heterocycles. The SMILES string of the molecule is CC(C)(C)C(N)C(=O)NCC1(O)CCCCCC1. The Morgan fingerprint density at radius 2 is 1.78 bits per heavy atom. The van der Waals surface area contributed by atoms with E-state index in [-0.39, 0.29) is 11.3 Å². The molecule has 0 heterocycles. The second kappa shape index (κ2) is 6.02. The van der Waals surface area contributed by atoms with Crippen molar-refractivity contribution in [2.75, 3.05) is 6.54 Å². The summed E-state index contributed by atoms with van der Waals surface area (Å²) in [7, 11) is 0. The molecule has 4 nitrogen and oxygen atoms in total. The van der Waals surface area contributed by atoms with Gasteiger partial charge in [0.2, 0.25) is 5.91 Å². The second-order valence-electron chi connectivity index (χ2n) is 6.70. The molecule has 0 aliphatic heterocycles. The number of carbonyl (C=O) groups excluding carboxylic acids is 1. The number of rotatable bonds is 3. The van der Waals surface area contributed by atoms with Gasteiger partial charge in [-0.3, -0.25) is 4.79 Å². The Morgan fingerprint density at radius 3 is 2.22 bits per heavy atom. The van der Waals surface area contributed by atoms with Gasteiger partial charge in [-0.25, -0.2) is 0 Å². The van der Waals surface area contributed by atoms with Crippen LogP contribution in [-0.4, -0.2) is 29.2 Å². The third kappa shape index (κ3) is 4.58. The zero-order valence-corrected chi connectivity index (χ0v) is 12.0. The molecular formula is C14H28N2O2. The molecule has 1 rings (SSSR count). The maximum Gasteiger partial charge on any atom is 0.237 e. The van der Waals surface area contributed by atoms with Crippen LogP contribution < -0.4 is 11.1 Å². The number of carbonyl (C=O) groups is 1. The summed E-state index contributed by atoms with van der Waals surface area (Å²) in [5.74, 6) is -0.167. The highest BCUT2D eigenvalue weighted by atomic mass is 16.3. The Bertz CT molecular complexity index is 276. The second-order valence-corrected chi connectivity index (χ2v) is 6.70. The maximum absolute atomic E-state index is 11.9. The van der Waals surface area contributed by atoms with Gasteiger partial charge in [0, 0.05) is 6.54 Å². The summed E-state index contributed by atoms with van der Waals surface area (Å²) < 4.78 is 0. The van der Waals surface area contributed by atoms with Gasteiger partial charge in [-0.2, -0.15) is 0 Å². The summed E-state index contributed by atoms with van der Waals surface area (Å²) >= 11 is 0. The van der Waals surface area contributed by atoms with Crippen LogP contribution in [-0.2, 0) is 4.79 Å². The number of aliphatic hydroxyl groups is 1. The van der Waals surface area contributed by atoms with Crippen LogP contribution in [0.2, 0.25) is 0 Å². The van der Waals surface area contributed by atoms with E-state index in [0.717, 1.165) is 25.7 Å². The van der Waals surface area contributed by atoms with Gasteiger partial charge in [0.25, 0.3) is 0 Å². The van der Waals surface area contributed by atoms with Crippen molar-refractivity contribution < 1.29 is 9.90 Å². The third-order valence-corrected chi connectivity index (χ3v) is 3.84. The standard InChI is InChI=1S/C14H28N2O2/c1-13(2,3)11(15)12(17)16-10-14(18)8-6-4-5-7-9-14/h11,18H,4-10,15H2,1-3H3,(H,16,17). The molecule has 1 aliphatic rings. The van der Waals surface area contributed by atoms with Gasteiger partial charge < -0.3 is 16.2 Å². The molecule has 1 saturated carbocycles. The number of hydrogen-bond acceptors (Lipinski definition) is 3. The summed E-state index contributed by atoms with van der Waals surface area (Å²) in [5, 5.41) is 13.2. The average molecular weight is 256 g/mol. The summed E-state index contributed by atoms with van der Waals surface area (Å²) in [6.45, 7) is 6.16. The first-order valence-electron chi connectivity index (χ1n) is 7.00. The molecule has 1 atom stereocenters. The summed E-state index contributed by atoms with van der Waals surface area (Å²) in [4.78, 5) is 11.9. The van der Waals surface area contributed by atoms with Crippen molar-refractivity contribution in [3.63, 3.8) is 0 Å². The van der Waals surface area contributed by atoms with Crippen molar-refractivity contribution in [3.05, 3.63) is 0 Å². The molecule has 0 spiro atoms. The van der Waals surface area contributed by atoms with Crippen LogP contribution in [0.15, 0.2) is 0 Å². The number of hydrogen-bond donors (Lipinski definition) is 3. The summed E-state index contributed by atoms with van der Waals surface area (Å²) in [6, 6.07) is -0.535. The first kappa shape index (κ1) is 15.4. The van der Waals surface area contributed by atoms with Crippen molar-refractivity contribution in [2.45, 2.75) is 70.9 Å². The van der Waals surface area contributed by atoms with E-state index in [9.17, 15) is 9.90 Å². The van der Waals surface area contributed by atoms with Gasteiger partial charge in [0.05, 0.1) is 11.6 Å². The zero-order chi connectivity index (χ0) is 13.8. The van der Waals surface area contributed by atoms with E-state index in [0.29, 0.717) is 6.54 Å². The minimum Gasteiger partial charge on any atom is -0.388 e. The molecular weight excluding hydrogens is 228 g/mol. The zero-order valence-electron chi connectivity index (χ0n) is 12.0. The Balaban J connectivity index is 2.46. The van der Waals surface area contributed by atoms with E-state index in [2.05, 4.69) is 5.32 Å². The fourth-order valence-electron chi connectivity index (χ4n) is 2.32. The number of amides is 1. The van der Waals surface area contributed by atoms with E-state index < -0.39 is 11.6 Å². The largest absolute Gasteiger partial charge is 0.388 e. The third-order valence-electron chi connectivity index (χ3n) is 3.84. The van der Waals surface area contributed by atoms with E-state index in [1.54, 1.807) is 0 Å². The molecule has 18 heavy (non-hydrogen) atoms. The van der Waals surface area contributed by atoms with Crippen LogP contribution in [0.5, 0.6) is 0 Å². The van der Waals surface area contributed by atoms with E-state index in [1.165, 1.54) is 12.8 Å². The normalized spacial score (nSPS) is 22.1. The summed E-state index contributed by atoms with van der Waals surface area (Å²) in [6.07, 6.45) is 5.99. The Morgan fingerprint density at radius 1 is 1.28 bits per heavy atom. The minimum atomic E-state index is -0.732. The Hall–Kier alpha value is -0.610. The molecule has 0 aromatic carbocycles. The number of nitrogens with one attached hydrogen (secondary N) is 1. The highest BCUT2D eigenvalue weighted by Crippen LogP contribution is 2.26. The van der Waals surface area contributed by atoms with Crippen LogP contribution >= 0.6 is 0 Å². The smallest absolute Gasteiger partial charge is 0.237 e. The van der Waals surface area contributed by atoms with Crippen LogP contribution in [0.4, 0.5) is 0 Å². The fraction of sp³-hybridized carbons (Fsp3) is 0.929. The van der Waals surface area contributed by atoms with E-state index in [1.807, 2.05) is 20.8 Å². The predicted molar refractivity (Wildman–Crippen MR) is 73.1 cm³/mol. The van der Waals surface area contributed by atoms with Crippen LogP contribution in [0.3, 0.4) is 0 Å². The highest BCUT2D eigenvalue weighted by molar-refractivity contribution is 5.82. The summed E-state index contributed by atoms with van der Waals surface area (Å²) in [5.41, 5.74) is 4.90. The van der Waals surface area contributed by atoms with Crippen molar-refractivity contribution in [1.29, 1.82) is 0 Å². The minimum absolute atomic E-state index is 0.167. The molecule has 1 aliphatic carbocycles. The first-order valence-corrected chi connectivity index (χ1v) is 7.00. The molecule has 1 unspecified atom stereocenters. The van der Waals surface area contributed by atoms with Gasteiger partial charge in [-0.05, 0) is 18.3 Å². The van der Waals surface area contributed by atoms with Crippen LogP contribution in [0.1, 0.15) is 59.3 Å². The van der Waals surface area contributed by atoms with E-state index >= 15 is 0 Å². The molecule has 0 aromatic heterocycles. The average Bonchev–Trinajstić information content (AvgIpc) is 2.49. The molecule has 4 N–H and O–H groups in total. The lowest BCUT2D eigenvalue weighted by molar-refractivity contribution is -0.125. The molecule has 0 aromatic rings. The molecule has 1 amide bonds. The monoisotopic (exact) mass is 256 g/mol. The molecule has 0 radical (unpaired) electrons. The Labute approximate surface area is 110 Å². The van der Waals surface area contributed by atoms with Gasteiger partial charge in [-0.15, -0.1) is 0 Å². The van der Waals surface area contributed by atoms with Gasteiger partial charge in [0.1, 0.15) is 0 Å². The van der Waals surface area contributed by atoms with Crippen molar-refractivity contribution >= 4 is 5.91 Å². The van der Waals surface area contributed by atoms with Gasteiger partial charge in [0.15, 0.2) is 0 Å². The topological polar surface area (TPSA) is 75.4 Å². The Kier molecular flexibility index (Phi) is 5.17. The molecule has 1 fully saturated rings. The first-order chi connectivity index (χ1) is 8.25. The van der Waals surface area contributed by atoms with Crippen LogP contribution in [0.25, 0.3) is 0 Å². The predicted octanol–water partition coefficient (Wildman–Crippen LogP) is 1.56. The van der Waals surface area contributed by atoms with Crippen molar-refractivity contribution in [3.8, 4) is 0 Å². The molecule has 106 valence electrons. The number of nitrogens with two attached hydrogens (primary N) is 1. The quantitative estimate of drug-likeness (QED) is 0.671. The van der Waals surface area contributed by atoms with Gasteiger partial charge in [-0.1, -0.05) is 46.5 Å². The maximum atomic E-state index is 11.9. The highest BCUT2D eigenvalue weighted by Gasteiger charge is 2.31. The van der Waals surface area contributed by atoms with Crippen molar-refractivity contribution in [1.82, 2.24) is 5.32 Å². The van der Waals surface area contributed by atoms with Crippen LogP contribution in [0, 0.1) is 5.41 Å². The molecule has 0 bridgehead atoms.